The van der Waals surface area contributed by atoms with Crippen LogP contribution in [0.5, 0.6) is 0 Å². The number of nitrogen functional groups attached to an aromatic ring is 1. The van der Waals surface area contributed by atoms with Crippen LogP contribution in [0.1, 0.15) is 11.1 Å². The topological polar surface area (TPSA) is 55.1 Å². The third-order valence-electron chi connectivity index (χ3n) is 2.06. The maximum atomic E-state index is 11.0. The SMILES string of the molecule is Nc1ccc2c(c1)CC(=O)NC2. The molecule has 1 aromatic rings. The molecule has 1 amide bonds. The number of rotatable bonds is 0. The third kappa shape index (κ3) is 1.13. The van der Waals surface area contributed by atoms with Crippen LogP contribution in [0.4, 0.5) is 5.69 Å². The van der Waals surface area contributed by atoms with Crippen LogP contribution in [0.3, 0.4) is 0 Å². The predicted octanol–water partition coefficient (Wildman–Crippen LogP) is 0.441. The van der Waals surface area contributed by atoms with Crippen LogP contribution in [-0.4, -0.2) is 5.91 Å². The molecule has 1 aliphatic heterocycles. The highest BCUT2D eigenvalue weighted by atomic mass is 16.1. The van der Waals surface area contributed by atoms with Crippen LogP contribution >= 0.6 is 0 Å². The first kappa shape index (κ1) is 7.16. The van der Waals surface area contributed by atoms with Crippen molar-refractivity contribution in [2.45, 2.75) is 13.0 Å². The second-order valence-electron chi connectivity index (χ2n) is 2.98. The van der Waals surface area contributed by atoms with Crippen molar-refractivity contribution in [1.82, 2.24) is 5.32 Å². The van der Waals surface area contributed by atoms with E-state index in [-0.39, 0.29) is 5.91 Å². The molecule has 0 atom stereocenters. The summed E-state index contributed by atoms with van der Waals surface area (Å²) >= 11 is 0. The fourth-order valence-electron chi connectivity index (χ4n) is 1.41. The Kier molecular flexibility index (Phi) is 1.50. The van der Waals surface area contributed by atoms with Gasteiger partial charge in [-0.05, 0) is 23.3 Å². The van der Waals surface area contributed by atoms with E-state index in [0.29, 0.717) is 13.0 Å². The van der Waals surface area contributed by atoms with E-state index in [2.05, 4.69) is 5.32 Å². The molecular weight excluding hydrogens is 152 g/mol. The minimum atomic E-state index is 0.0769. The fraction of sp³-hybridized carbons (Fsp3) is 0.222. The predicted molar refractivity (Wildman–Crippen MR) is 46.4 cm³/mol. The summed E-state index contributed by atoms with van der Waals surface area (Å²) in [6.45, 7) is 0.633. The van der Waals surface area contributed by atoms with Crippen molar-refractivity contribution in [3.8, 4) is 0 Å². The van der Waals surface area contributed by atoms with Crippen molar-refractivity contribution in [3.05, 3.63) is 29.3 Å². The second kappa shape index (κ2) is 2.52. The van der Waals surface area contributed by atoms with Crippen LogP contribution in [0.2, 0.25) is 0 Å². The lowest BCUT2D eigenvalue weighted by molar-refractivity contribution is -0.121. The average molecular weight is 162 g/mol. The van der Waals surface area contributed by atoms with Crippen molar-refractivity contribution < 1.29 is 4.79 Å². The van der Waals surface area contributed by atoms with Crippen LogP contribution in [0, 0.1) is 0 Å². The van der Waals surface area contributed by atoms with Gasteiger partial charge in [-0.2, -0.15) is 0 Å². The quantitative estimate of drug-likeness (QED) is 0.544. The van der Waals surface area contributed by atoms with Crippen molar-refractivity contribution in [2.75, 3.05) is 5.73 Å². The molecule has 0 saturated heterocycles. The summed E-state index contributed by atoms with van der Waals surface area (Å²) in [5, 5.41) is 2.78. The van der Waals surface area contributed by atoms with Crippen LogP contribution < -0.4 is 11.1 Å². The van der Waals surface area contributed by atoms with Crippen LogP contribution in [0.15, 0.2) is 18.2 Å². The normalized spacial score (nSPS) is 15.2. The Bertz CT molecular complexity index is 333. The largest absolute Gasteiger partial charge is 0.399 e. The van der Waals surface area contributed by atoms with Crippen molar-refractivity contribution in [1.29, 1.82) is 0 Å². The molecule has 0 radical (unpaired) electrons. The summed E-state index contributed by atoms with van der Waals surface area (Å²) in [5.41, 5.74) is 8.55. The van der Waals surface area contributed by atoms with E-state index in [1.54, 1.807) is 0 Å². The fourth-order valence-corrected chi connectivity index (χ4v) is 1.41. The number of amides is 1. The Morgan fingerprint density at radius 3 is 3.00 bits per heavy atom. The Morgan fingerprint density at radius 2 is 2.17 bits per heavy atom. The van der Waals surface area contributed by atoms with Crippen LogP contribution in [-0.2, 0) is 17.8 Å². The van der Waals surface area contributed by atoms with E-state index in [1.165, 1.54) is 5.56 Å². The monoisotopic (exact) mass is 162 g/mol. The molecule has 1 aliphatic rings. The highest BCUT2D eigenvalue weighted by Crippen LogP contribution is 2.16. The molecule has 0 unspecified atom stereocenters. The molecule has 2 rings (SSSR count). The zero-order valence-corrected chi connectivity index (χ0v) is 6.63. The number of nitrogens with one attached hydrogen (secondary N) is 1. The highest BCUT2D eigenvalue weighted by Gasteiger charge is 2.13. The lowest BCUT2D eigenvalue weighted by Crippen LogP contribution is -2.30. The molecule has 0 spiro atoms. The van der Waals surface area contributed by atoms with E-state index < -0.39 is 0 Å². The second-order valence-corrected chi connectivity index (χ2v) is 2.98. The number of anilines is 1. The van der Waals surface area contributed by atoms with E-state index in [4.69, 9.17) is 5.73 Å². The molecule has 0 aromatic heterocycles. The smallest absolute Gasteiger partial charge is 0.224 e. The molecule has 3 heteroatoms. The van der Waals surface area contributed by atoms with E-state index >= 15 is 0 Å². The maximum Gasteiger partial charge on any atom is 0.224 e. The standard InChI is InChI=1S/C9H10N2O/c10-8-2-1-6-5-11-9(12)4-7(6)3-8/h1-3H,4-5,10H2,(H,11,12). The summed E-state index contributed by atoms with van der Waals surface area (Å²) in [6.07, 6.45) is 0.459. The molecule has 0 saturated carbocycles. The van der Waals surface area contributed by atoms with Crippen molar-refractivity contribution in [2.24, 2.45) is 0 Å². The van der Waals surface area contributed by atoms with Gasteiger partial charge in [-0.25, -0.2) is 0 Å². The van der Waals surface area contributed by atoms with Gasteiger partial charge in [0.1, 0.15) is 0 Å². The minimum absolute atomic E-state index is 0.0769. The van der Waals surface area contributed by atoms with Crippen molar-refractivity contribution >= 4 is 11.6 Å². The number of carbonyl (C=O) groups excluding carboxylic acids is 1. The Morgan fingerprint density at radius 1 is 1.33 bits per heavy atom. The molecule has 1 aromatic carbocycles. The summed E-state index contributed by atoms with van der Waals surface area (Å²) in [7, 11) is 0. The summed E-state index contributed by atoms with van der Waals surface area (Å²) in [4.78, 5) is 11.0. The van der Waals surface area contributed by atoms with E-state index in [0.717, 1.165) is 11.3 Å². The van der Waals surface area contributed by atoms with Gasteiger partial charge in [0.15, 0.2) is 0 Å². The van der Waals surface area contributed by atoms with Gasteiger partial charge in [-0.15, -0.1) is 0 Å². The van der Waals surface area contributed by atoms with E-state index in [9.17, 15) is 4.79 Å². The molecule has 0 fully saturated rings. The molecule has 0 aliphatic carbocycles. The first-order valence-corrected chi connectivity index (χ1v) is 3.90. The highest BCUT2D eigenvalue weighted by molar-refractivity contribution is 5.81. The number of hydrogen-bond acceptors (Lipinski definition) is 2. The Hall–Kier alpha value is -1.51. The molecule has 12 heavy (non-hydrogen) atoms. The number of carbonyl (C=O) groups is 1. The Balaban J connectivity index is 2.44. The number of nitrogens with two attached hydrogens (primary N) is 1. The van der Waals surface area contributed by atoms with Gasteiger partial charge >= 0.3 is 0 Å². The van der Waals surface area contributed by atoms with Crippen molar-refractivity contribution in [3.63, 3.8) is 0 Å². The van der Waals surface area contributed by atoms with Gasteiger partial charge in [0.05, 0.1) is 6.42 Å². The number of fused-ring (bicyclic) bond motifs is 1. The van der Waals surface area contributed by atoms with Gasteiger partial charge < -0.3 is 11.1 Å². The van der Waals surface area contributed by atoms with Gasteiger partial charge in [0.25, 0.3) is 0 Å². The van der Waals surface area contributed by atoms with Gasteiger partial charge in [0, 0.05) is 12.2 Å². The first-order valence-electron chi connectivity index (χ1n) is 3.90. The maximum absolute atomic E-state index is 11.0. The third-order valence-corrected chi connectivity index (χ3v) is 2.06. The summed E-state index contributed by atoms with van der Waals surface area (Å²) < 4.78 is 0. The summed E-state index contributed by atoms with van der Waals surface area (Å²) in [6, 6.07) is 5.69. The van der Waals surface area contributed by atoms with Gasteiger partial charge in [0.2, 0.25) is 5.91 Å². The zero-order valence-electron chi connectivity index (χ0n) is 6.63. The molecule has 1 heterocycles. The average Bonchev–Trinajstić information content (AvgIpc) is 2.03. The van der Waals surface area contributed by atoms with Gasteiger partial charge in [-0.3, -0.25) is 4.79 Å². The molecular formula is C9H10N2O. The van der Waals surface area contributed by atoms with Gasteiger partial charge in [-0.1, -0.05) is 6.07 Å². The molecule has 3 nitrogen and oxygen atoms in total. The number of hydrogen-bond donors (Lipinski definition) is 2. The van der Waals surface area contributed by atoms with Crippen LogP contribution in [0.25, 0.3) is 0 Å². The lowest BCUT2D eigenvalue weighted by Gasteiger charge is -2.16. The minimum Gasteiger partial charge on any atom is -0.399 e. The first-order chi connectivity index (χ1) is 5.75. The molecule has 0 bridgehead atoms. The van der Waals surface area contributed by atoms with E-state index in [1.807, 2.05) is 18.2 Å². The zero-order chi connectivity index (χ0) is 8.55. The molecule has 62 valence electrons. The lowest BCUT2D eigenvalue weighted by atomic mass is 10.0. The number of benzene rings is 1. The Labute approximate surface area is 70.6 Å². The molecule has 3 N–H and O–H groups in total. The summed E-state index contributed by atoms with van der Waals surface area (Å²) in [5.74, 6) is 0.0769.